The largest absolute Gasteiger partial charge is 0.493 e. The second-order valence-electron chi connectivity index (χ2n) is 4.24. The van der Waals surface area contributed by atoms with Gasteiger partial charge in [0.25, 0.3) is 0 Å². The summed E-state index contributed by atoms with van der Waals surface area (Å²) in [6.45, 7) is 2.48. The Balaban J connectivity index is 2.39. The zero-order chi connectivity index (χ0) is 14.7. The number of nitrogens with two attached hydrogens (primary N) is 1. The van der Waals surface area contributed by atoms with Crippen molar-refractivity contribution in [1.82, 2.24) is 0 Å². The van der Waals surface area contributed by atoms with Crippen molar-refractivity contribution >= 4 is 27.5 Å². The molecule has 1 unspecified atom stereocenters. The number of hydrogen-bond acceptors (Lipinski definition) is 2. The van der Waals surface area contributed by atoms with E-state index in [0.29, 0.717) is 17.2 Å². The van der Waals surface area contributed by atoms with E-state index in [1.807, 2.05) is 19.1 Å². The van der Waals surface area contributed by atoms with Crippen LogP contribution in [-0.4, -0.2) is 6.61 Å². The van der Waals surface area contributed by atoms with Crippen molar-refractivity contribution in [2.75, 3.05) is 6.61 Å². The van der Waals surface area contributed by atoms with Crippen molar-refractivity contribution in [3.8, 4) is 5.75 Å². The Kier molecular flexibility index (Phi) is 5.02. The summed E-state index contributed by atoms with van der Waals surface area (Å²) in [4.78, 5) is 0. The second kappa shape index (κ2) is 6.57. The number of halogens is 3. The number of rotatable bonds is 4. The molecule has 106 valence electrons. The van der Waals surface area contributed by atoms with Crippen LogP contribution < -0.4 is 10.5 Å². The minimum absolute atomic E-state index is 0.297. The third kappa shape index (κ3) is 3.14. The van der Waals surface area contributed by atoms with Crippen molar-refractivity contribution in [2.45, 2.75) is 13.0 Å². The quantitative estimate of drug-likeness (QED) is 0.860. The fraction of sp³-hybridized carbons (Fsp3) is 0.200. The van der Waals surface area contributed by atoms with Crippen LogP contribution in [0.4, 0.5) is 4.39 Å². The molecule has 0 saturated carbocycles. The minimum atomic E-state index is -0.629. The third-order valence-electron chi connectivity index (χ3n) is 2.93. The summed E-state index contributed by atoms with van der Waals surface area (Å²) >= 11 is 9.46. The van der Waals surface area contributed by atoms with Crippen molar-refractivity contribution in [3.63, 3.8) is 0 Å². The maximum atomic E-state index is 13.9. The lowest BCUT2D eigenvalue weighted by Gasteiger charge is -2.16. The summed E-state index contributed by atoms with van der Waals surface area (Å²) < 4.78 is 20.1. The molecule has 0 aliphatic carbocycles. The lowest BCUT2D eigenvalue weighted by atomic mass is 9.99. The van der Waals surface area contributed by atoms with E-state index in [9.17, 15) is 4.39 Å². The Morgan fingerprint density at radius 1 is 1.35 bits per heavy atom. The second-order valence-corrected chi connectivity index (χ2v) is 5.50. The first kappa shape index (κ1) is 15.3. The van der Waals surface area contributed by atoms with Crippen LogP contribution in [0.1, 0.15) is 24.1 Å². The number of hydrogen-bond donors (Lipinski definition) is 1. The van der Waals surface area contributed by atoms with Crippen LogP contribution in [0.5, 0.6) is 5.75 Å². The predicted octanol–water partition coefficient (Wildman–Crippen LogP) is 4.69. The summed E-state index contributed by atoms with van der Waals surface area (Å²) in [5, 5.41) is 0.322. The standard InChI is InChI=1S/C15H14BrClFNO/c1-2-20-13-7-6-9(8-10(13)16)15(19)14-11(17)4-3-5-12(14)18/h3-8,15H,2,19H2,1H3. The zero-order valence-corrected chi connectivity index (χ0v) is 13.2. The zero-order valence-electron chi connectivity index (χ0n) is 10.9. The summed E-state index contributed by atoms with van der Waals surface area (Å²) in [6, 6.07) is 9.34. The van der Waals surface area contributed by atoms with Gasteiger partial charge in [-0.15, -0.1) is 0 Å². The molecular formula is C15H14BrClFNO. The molecular weight excluding hydrogens is 345 g/mol. The van der Waals surface area contributed by atoms with Crippen LogP contribution in [0.2, 0.25) is 5.02 Å². The van der Waals surface area contributed by atoms with Gasteiger partial charge in [-0.1, -0.05) is 23.7 Å². The molecule has 0 amide bonds. The van der Waals surface area contributed by atoms with Gasteiger partial charge in [0, 0.05) is 10.6 Å². The third-order valence-corrected chi connectivity index (χ3v) is 3.87. The Morgan fingerprint density at radius 3 is 2.70 bits per heavy atom. The smallest absolute Gasteiger partial charge is 0.133 e. The van der Waals surface area contributed by atoms with E-state index in [2.05, 4.69) is 15.9 Å². The monoisotopic (exact) mass is 357 g/mol. The van der Waals surface area contributed by atoms with E-state index < -0.39 is 11.9 Å². The molecule has 0 fully saturated rings. The highest BCUT2D eigenvalue weighted by Gasteiger charge is 2.18. The number of benzene rings is 2. The highest BCUT2D eigenvalue weighted by Crippen LogP contribution is 2.33. The molecule has 1 atom stereocenters. The Labute approximate surface area is 130 Å². The van der Waals surface area contributed by atoms with E-state index in [1.54, 1.807) is 18.2 Å². The van der Waals surface area contributed by atoms with Gasteiger partial charge >= 0.3 is 0 Å². The molecule has 2 aromatic carbocycles. The normalized spacial score (nSPS) is 12.2. The van der Waals surface area contributed by atoms with Gasteiger partial charge < -0.3 is 10.5 Å². The minimum Gasteiger partial charge on any atom is -0.493 e. The molecule has 0 saturated heterocycles. The average Bonchev–Trinajstić information content (AvgIpc) is 2.41. The molecule has 0 aliphatic rings. The molecule has 2 rings (SSSR count). The maximum absolute atomic E-state index is 13.9. The van der Waals surface area contributed by atoms with E-state index >= 15 is 0 Å². The van der Waals surface area contributed by atoms with Gasteiger partial charge in [0.15, 0.2) is 0 Å². The van der Waals surface area contributed by atoms with Gasteiger partial charge in [-0.3, -0.25) is 0 Å². The molecule has 0 radical (unpaired) electrons. The van der Waals surface area contributed by atoms with Crippen molar-refractivity contribution in [1.29, 1.82) is 0 Å². The van der Waals surface area contributed by atoms with Crippen LogP contribution >= 0.6 is 27.5 Å². The summed E-state index contributed by atoms with van der Waals surface area (Å²) in [7, 11) is 0. The molecule has 2 N–H and O–H groups in total. The highest BCUT2D eigenvalue weighted by atomic mass is 79.9. The molecule has 0 heterocycles. The van der Waals surface area contributed by atoms with E-state index in [4.69, 9.17) is 22.1 Å². The molecule has 2 nitrogen and oxygen atoms in total. The molecule has 5 heteroatoms. The SMILES string of the molecule is CCOc1ccc(C(N)c2c(F)cccc2Cl)cc1Br. The van der Waals surface area contributed by atoms with Gasteiger partial charge in [0.05, 0.1) is 17.1 Å². The lowest BCUT2D eigenvalue weighted by molar-refractivity contribution is 0.338. The van der Waals surface area contributed by atoms with Crippen LogP contribution in [0, 0.1) is 5.82 Å². The van der Waals surface area contributed by atoms with E-state index in [-0.39, 0.29) is 0 Å². The lowest BCUT2D eigenvalue weighted by Crippen LogP contribution is -2.14. The van der Waals surface area contributed by atoms with Crippen LogP contribution in [0.25, 0.3) is 0 Å². The topological polar surface area (TPSA) is 35.2 Å². The van der Waals surface area contributed by atoms with Crippen LogP contribution in [0.15, 0.2) is 40.9 Å². The first-order valence-electron chi connectivity index (χ1n) is 6.16. The van der Waals surface area contributed by atoms with Crippen LogP contribution in [-0.2, 0) is 0 Å². The maximum Gasteiger partial charge on any atom is 0.133 e. The summed E-state index contributed by atoms with van der Waals surface area (Å²) in [5.74, 6) is 0.318. The molecule has 0 aromatic heterocycles. The van der Waals surface area contributed by atoms with Gasteiger partial charge in [-0.25, -0.2) is 4.39 Å². The van der Waals surface area contributed by atoms with Crippen molar-refractivity contribution in [2.24, 2.45) is 5.73 Å². The van der Waals surface area contributed by atoms with Crippen LogP contribution in [0.3, 0.4) is 0 Å². The molecule has 0 spiro atoms. The summed E-state index contributed by atoms with van der Waals surface area (Å²) in [5.41, 5.74) is 7.18. The van der Waals surface area contributed by atoms with Gasteiger partial charge in [-0.05, 0) is 52.7 Å². The molecule has 0 aliphatic heterocycles. The van der Waals surface area contributed by atoms with Gasteiger partial charge in [0.2, 0.25) is 0 Å². The van der Waals surface area contributed by atoms with E-state index in [1.165, 1.54) is 6.07 Å². The molecule has 2 aromatic rings. The Bertz CT molecular complexity index is 601. The number of ether oxygens (including phenoxy) is 1. The van der Waals surface area contributed by atoms with E-state index in [0.717, 1.165) is 15.8 Å². The fourth-order valence-electron chi connectivity index (χ4n) is 1.96. The van der Waals surface area contributed by atoms with Crippen molar-refractivity contribution in [3.05, 3.63) is 62.8 Å². The predicted molar refractivity (Wildman–Crippen MR) is 82.8 cm³/mol. The fourth-order valence-corrected chi connectivity index (χ4v) is 2.75. The molecule has 0 bridgehead atoms. The first-order valence-corrected chi connectivity index (χ1v) is 7.33. The van der Waals surface area contributed by atoms with Gasteiger partial charge in [0.1, 0.15) is 11.6 Å². The van der Waals surface area contributed by atoms with Gasteiger partial charge in [-0.2, -0.15) is 0 Å². The summed E-state index contributed by atoms with van der Waals surface area (Å²) in [6.07, 6.45) is 0. The Morgan fingerprint density at radius 2 is 2.10 bits per heavy atom. The highest BCUT2D eigenvalue weighted by molar-refractivity contribution is 9.10. The average molecular weight is 359 g/mol. The first-order chi connectivity index (χ1) is 9.54. The Hall–Kier alpha value is -1.10. The van der Waals surface area contributed by atoms with Crippen molar-refractivity contribution < 1.29 is 9.13 Å². The molecule has 20 heavy (non-hydrogen) atoms.